The first kappa shape index (κ1) is 22.2. The second kappa shape index (κ2) is 9.57. The summed E-state index contributed by atoms with van der Waals surface area (Å²) >= 11 is 0. The molecule has 1 aromatic carbocycles. The molecule has 30 heavy (non-hydrogen) atoms. The first-order valence-corrected chi connectivity index (χ1v) is 11.8. The first-order valence-electron chi connectivity index (χ1n) is 10.2. The van der Waals surface area contributed by atoms with E-state index in [1.54, 1.807) is 6.07 Å². The van der Waals surface area contributed by atoms with Gasteiger partial charge in [-0.1, -0.05) is 25.3 Å². The lowest BCUT2D eigenvalue weighted by molar-refractivity contribution is -0.136. The summed E-state index contributed by atoms with van der Waals surface area (Å²) in [6.45, 7) is 1.04. The van der Waals surface area contributed by atoms with Crippen molar-refractivity contribution in [3.05, 3.63) is 29.3 Å². The van der Waals surface area contributed by atoms with Gasteiger partial charge in [-0.05, 0) is 31.4 Å². The molecule has 0 bridgehead atoms. The van der Waals surface area contributed by atoms with E-state index in [-0.39, 0.29) is 24.0 Å². The molecular weight excluding hydrogens is 410 g/mol. The standard InChI is InChI=1S/C20H27N3O6S/c24-18-10-9-17(19(25)22-18)23-13-15-14(20(23)26)7-6-8-16(15)21-11-4-2-1-3-5-12-30(27,28)29/h6-8,17,21H,1-5,9-13H2,(H,22,24,25)(H,27,28,29). The topological polar surface area (TPSA) is 133 Å². The van der Waals surface area contributed by atoms with Crippen LogP contribution in [-0.2, 0) is 26.3 Å². The summed E-state index contributed by atoms with van der Waals surface area (Å²) in [6.07, 6.45) is 4.46. The van der Waals surface area contributed by atoms with Crippen LogP contribution in [0.15, 0.2) is 18.2 Å². The van der Waals surface area contributed by atoms with E-state index in [1.165, 1.54) is 4.90 Å². The minimum absolute atomic E-state index is 0.193. The number of benzene rings is 1. The van der Waals surface area contributed by atoms with Crippen LogP contribution in [0.25, 0.3) is 0 Å². The quantitative estimate of drug-likeness (QED) is 0.288. The number of carbonyl (C=O) groups excluding carboxylic acids is 3. The molecule has 10 heteroatoms. The molecule has 1 saturated heterocycles. The summed E-state index contributed by atoms with van der Waals surface area (Å²) in [7, 11) is -3.87. The molecule has 9 nitrogen and oxygen atoms in total. The Kier molecular flexibility index (Phi) is 7.09. The molecule has 3 rings (SSSR count). The molecule has 1 aromatic rings. The Labute approximate surface area is 176 Å². The van der Waals surface area contributed by atoms with Crippen molar-refractivity contribution in [2.24, 2.45) is 0 Å². The zero-order valence-electron chi connectivity index (χ0n) is 16.7. The summed E-state index contributed by atoms with van der Waals surface area (Å²) in [5.74, 6) is -1.11. The Balaban J connectivity index is 1.49. The van der Waals surface area contributed by atoms with Crippen molar-refractivity contribution < 1.29 is 27.4 Å². The molecule has 0 spiro atoms. The van der Waals surface area contributed by atoms with Gasteiger partial charge in [0.25, 0.3) is 16.0 Å². The van der Waals surface area contributed by atoms with Gasteiger partial charge in [0.1, 0.15) is 6.04 Å². The smallest absolute Gasteiger partial charge is 0.264 e. The van der Waals surface area contributed by atoms with E-state index in [0.29, 0.717) is 31.5 Å². The number of unbranched alkanes of at least 4 members (excludes halogenated alkanes) is 4. The third kappa shape index (κ3) is 5.57. The van der Waals surface area contributed by atoms with Crippen molar-refractivity contribution >= 4 is 33.5 Å². The molecule has 2 heterocycles. The SMILES string of the molecule is O=C1CCC(N2Cc3c(NCCCCCCCS(=O)(=O)O)cccc3C2=O)C(=O)N1. The minimum atomic E-state index is -3.87. The van der Waals surface area contributed by atoms with Crippen LogP contribution in [0.4, 0.5) is 5.69 Å². The van der Waals surface area contributed by atoms with Crippen LogP contribution in [0, 0.1) is 0 Å². The predicted octanol–water partition coefficient (Wildman–Crippen LogP) is 1.70. The lowest BCUT2D eigenvalue weighted by Gasteiger charge is -2.29. The highest BCUT2D eigenvalue weighted by atomic mass is 32.2. The number of hydrogen-bond acceptors (Lipinski definition) is 6. The van der Waals surface area contributed by atoms with Gasteiger partial charge in [-0.3, -0.25) is 24.3 Å². The van der Waals surface area contributed by atoms with Crippen LogP contribution in [0.2, 0.25) is 0 Å². The van der Waals surface area contributed by atoms with Gasteiger partial charge in [-0.15, -0.1) is 0 Å². The van der Waals surface area contributed by atoms with E-state index < -0.39 is 22.1 Å². The predicted molar refractivity (Wildman–Crippen MR) is 110 cm³/mol. The highest BCUT2D eigenvalue weighted by Crippen LogP contribution is 2.32. The zero-order chi connectivity index (χ0) is 21.7. The Morgan fingerprint density at radius 1 is 1.10 bits per heavy atom. The summed E-state index contributed by atoms with van der Waals surface area (Å²) in [6, 6.07) is 4.84. The van der Waals surface area contributed by atoms with E-state index in [0.717, 1.165) is 36.9 Å². The molecule has 3 amide bonds. The number of anilines is 1. The van der Waals surface area contributed by atoms with Gasteiger partial charge >= 0.3 is 0 Å². The number of nitrogens with one attached hydrogen (secondary N) is 2. The number of fused-ring (bicyclic) bond motifs is 1. The van der Waals surface area contributed by atoms with Gasteiger partial charge in [-0.2, -0.15) is 8.42 Å². The van der Waals surface area contributed by atoms with Gasteiger partial charge in [0.05, 0.1) is 5.75 Å². The summed E-state index contributed by atoms with van der Waals surface area (Å²) in [4.78, 5) is 37.9. The molecule has 0 radical (unpaired) electrons. The van der Waals surface area contributed by atoms with Crippen LogP contribution in [0.5, 0.6) is 0 Å². The minimum Gasteiger partial charge on any atom is -0.385 e. The molecule has 2 aliphatic heterocycles. The van der Waals surface area contributed by atoms with E-state index in [4.69, 9.17) is 4.55 Å². The Morgan fingerprint density at radius 3 is 2.57 bits per heavy atom. The first-order chi connectivity index (χ1) is 14.3. The van der Waals surface area contributed by atoms with Crippen LogP contribution < -0.4 is 10.6 Å². The molecule has 1 fully saturated rings. The van der Waals surface area contributed by atoms with Crippen LogP contribution in [0.1, 0.15) is 60.9 Å². The van der Waals surface area contributed by atoms with E-state index in [1.807, 2.05) is 12.1 Å². The Hall–Kier alpha value is -2.46. The van der Waals surface area contributed by atoms with Gasteiger partial charge in [0, 0.05) is 36.3 Å². The molecule has 1 unspecified atom stereocenters. The molecule has 2 aliphatic rings. The van der Waals surface area contributed by atoms with Crippen molar-refractivity contribution in [2.75, 3.05) is 17.6 Å². The molecule has 1 atom stereocenters. The van der Waals surface area contributed by atoms with Crippen LogP contribution in [-0.4, -0.2) is 53.9 Å². The van der Waals surface area contributed by atoms with E-state index in [9.17, 15) is 22.8 Å². The monoisotopic (exact) mass is 437 g/mol. The number of carbonyl (C=O) groups is 3. The van der Waals surface area contributed by atoms with Gasteiger partial charge in [0.2, 0.25) is 11.8 Å². The van der Waals surface area contributed by atoms with Crippen molar-refractivity contribution in [2.45, 2.75) is 57.5 Å². The fourth-order valence-electron chi connectivity index (χ4n) is 3.91. The molecular formula is C20H27N3O6S. The van der Waals surface area contributed by atoms with Crippen LogP contribution in [0.3, 0.4) is 0 Å². The summed E-state index contributed by atoms with van der Waals surface area (Å²) < 4.78 is 30.1. The number of rotatable bonds is 10. The molecule has 0 aliphatic carbocycles. The number of piperidine rings is 1. The normalized spacial score (nSPS) is 19.0. The van der Waals surface area contributed by atoms with E-state index in [2.05, 4.69) is 10.6 Å². The molecule has 0 aromatic heterocycles. The maximum absolute atomic E-state index is 12.8. The fraction of sp³-hybridized carbons (Fsp3) is 0.550. The third-order valence-corrected chi connectivity index (χ3v) is 6.28. The Bertz CT molecular complexity index is 930. The molecule has 0 saturated carbocycles. The molecule has 3 N–H and O–H groups in total. The van der Waals surface area contributed by atoms with Crippen molar-refractivity contribution in [1.82, 2.24) is 10.2 Å². The lowest BCUT2D eigenvalue weighted by Crippen LogP contribution is -2.52. The van der Waals surface area contributed by atoms with Crippen molar-refractivity contribution in [3.63, 3.8) is 0 Å². The van der Waals surface area contributed by atoms with Gasteiger partial charge in [0.15, 0.2) is 0 Å². The second-order valence-corrected chi connectivity index (χ2v) is 9.28. The van der Waals surface area contributed by atoms with Crippen molar-refractivity contribution in [1.29, 1.82) is 0 Å². The third-order valence-electron chi connectivity index (χ3n) is 5.48. The molecule has 164 valence electrons. The average Bonchev–Trinajstić information content (AvgIpc) is 3.00. The van der Waals surface area contributed by atoms with Crippen LogP contribution >= 0.6 is 0 Å². The number of imide groups is 1. The Morgan fingerprint density at radius 2 is 1.83 bits per heavy atom. The fourth-order valence-corrected chi connectivity index (χ4v) is 4.48. The number of hydrogen-bond donors (Lipinski definition) is 3. The largest absolute Gasteiger partial charge is 0.385 e. The number of amides is 3. The van der Waals surface area contributed by atoms with Gasteiger partial charge in [-0.25, -0.2) is 0 Å². The lowest BCUT2D eigenvalue weighted by atomic mass is 10.0. The maximum atomic E-state index is 12.8. The zero-order valence-corrected chi connectivity index (χ0v) is 17.5. The highest BCUT2D eigenvalue weighted by molar-refractivity contribution is 7.85. The average molecular weight is 438 g/mol. The van der Waals surface area contributed by atoms with E-state index >= 15 is 0 Å². The summed E-state index contributed by atoms with van der Waals surface area (Å²) in [5, 5.41) is 5.66. The highest BCUT2D eigenvalue weighted by Gasteiger charge is 2.39. The van der Waals surface area contributed by atoms with Gasteiger partial charge < -0.3 is 10.2 Å². The number of nitrogens with zero attached hydrogens (tertiary/aromatic N) is 1. The van der Waals surface area contributed by atoms with Crippen molar-refractivity contribution in [3.8, 4) is 0 Å². The second-order valence-electron chi connectivity index (χ2n) is 7.71. The maximum Gasteiger partial charge on any atom is 0.264 e. The summed E-state index contributed by atoms with van der Waals surface area (Å²) in [5.41, 5.74) is 2.30.